The largest absolute Gasteiger partial charge is 0.465 e. The van der Waals surface area contributed by atoms with Crippen LogP contribution in [0, 0.1) is 0 Å². The molecule has 4 rings (SSSR count). The Morgan fingerprint density at radius 3 is 2.11 bits per heavy atom. The molecular weight excluding hydrogens is 490 g/mol. The molecule has 5 atom stereocenters. The highest BCUT2D eigenvalue weighted by Crippen LogP contribution is 2.36. The number of carbonyl (C=O) groups excluding carboxylic acids is 2. The molecule has 0 unspecified atom stereocenters. The molecule has 0 saturated carbocycles. The lowest BCUT2D eigenvalue weighted by Gasteiger charge is -2.44. The van der Waals surface area contributed by atoms with Gasteiger partial charge in [-0.2, -0.15) is 0 Å². The summed E-state index contributed by atoms with van der Waals surface area (Å²) < 4.78 is 28.1. The number of esters is 1. The maximum absolute atomic E-state index is 12.8. The van der Waals surface area contributed by atoms with Crippen LogP contribution in [-0.4, -0.2) is 55.9 Å². The van der Waals surface area contributed by atoms with Crippen molar-refractivity contribution in [1.29, 1.82) is 0 Å². The third-order valence-corrected chi connectivity index (χ3v) is 6.26. The zero-order valence-corrected chi connectivity index (χ0v) is 21.2. The third kappa shape index (κ3) is 6.56. The standard InChI is InChI=1S/C29H31NO8/c1-34-27(32)22-16-10-9-15-21(22)25-24(31)26(36-17-19-11-5-3-6-12-19)23(28(35-2)38-25)30-29(33)37-18-20-13-7-4-8-14-20/h3-16,23-26,28,31H,17-18H2,1-2H3,(H,30,33)/t23-,24+,25-,26-,28+/m1/s1. The van der Waals surface area contributed by atoms with Crippen molar-refractivity contribution >= 4 is 12.1 Å². The maximum atomic E-state index is 12.8. The predicted octanol–water partition coefficient (Wildman–Crippen LogP) is 3.76. The lowest BCUT2D eigenvalue weighted by atomic mass is 9.89. The second kappa shape index (κ2) is 13.2. The molecule has 1 heterocycles. The van der Waals surface area contributed by atoms with Crippen LogP contribution < -0.4 is 5.32 Å². The molecule has 9 nitrogen and oxygen atoms in total. The third-order valence-electron chi connectivity index (χ3n) is 6.26. The summed E-state index contributed by atoms with van der Waals surface area (Å²) in [7, 11) is 2.70. The molecule has 200 valence electrons. The van der Waals surface area contributed by atoms with E-state index in [-0.39, 0.29) is 18.8 Å². The van der Waals surface area contributed by atoms with Crippen molar-refractivity contribution in [2.75, 3.05) is 14.2 Å². The van der Waals surface area contributed by atoms with Gasteiger partial charge in [0.25, 0.3) is 0 Å². The first-order valence-electron chi connectivity index (χ1n) is 12.2. The number of alkyl carbamates (subject to hydrolysis) is 1. The van der Waals surface area contributed by atoms with Gasteiger partial charge < -0.3 is 34.1 Å². The van der Waals surface area contributed by atoms with Crippen LogP contribution in [0.25, 0.3) is 0 Å². The summed E-state index contributed by atoms with van der Waals surface area (Å²) in [5, 5.41) is 14.2. The Morgan fingerprint density at radius 1 is 0.868 bits per heavy atom. The molecule has 1 saturated heterocycles. The molecule has 0 aromatic heterocycles. The van der Waals surface area contributed by atoms with Crippen molar-refractivity contribution in [3.05, 3.63) is 107 Å². The fourth-order valence-electron chi connectivity index (χ4n) is 4.37. The molecule has 2 N–H and O–H groups in total. The molecule has 0 spiro atoms. The molecule has 9 heteroatoms. The Hall–Kier alpha value is -3.76. The number of methoxy groups -OCH3 is 2. The number of carbonyl (C=O) groups is 2. The van der Waals surface area contributed by atoms with Crippen molar-refractivity contribution in [2.24, 2.45) is 0 Å². The number of rotatable bonds is 9. The number of ether oxygens (including phenoxy) is 5. The second-order valence-corrected chi connectivity index (χ2v) is 8.72. The van der Waals surface area contributed by atoms with E-state index in [4.69, 9.17) is 23.7 Å². The van der Waals surface area contributed by atoms with Gasteiger partial charge in [-0.05, 0) is 22.8 Å². The molecular formula is C29H31NO8. The van der Waals surface area contributed by atoms with Gasteiger partial charge in [0.2, 0.25) is 0 Å². The zero-order chi connectivity index (χ0) is 26.9. The smallest absolute Gasteiger partial charge is 0.407 e. The van der Waals surface area contributed by atoms with Crippen molar-refractivity contribution in [1.82, 2.24) is 5.32 Å². The van der Waals surface area contributed by atoms with Gasteiger partial charge in [0.1, 0.15) is 31.0 Å². The zero-order valence-electron chi connectivity index (χ0n) is 21.2. The molecule has 0 radical (unpaired) electrons. The van der Waals surface area contributed by atoms with Gasteiger partial charge in [0.15, 0.2) is 6.29 Å². The SMILES string of the molecule is COC(=O)c1ccccc1[C@H]1O[C@H](OC)[C@H](NC(=O)OCc2ccccc2)[C@@H](OCc2ccccc2)[C@H]1O. The monoisotopic (exact) mass is 521 g/mol. The predicted molar refractivity (Wildman–Crippen MR) is 137 cm³/mol. The van der Waals surface area contributed by atoms with Crippen molar-refractivity contribution in [2.45, 2.75) is 43.9 Å². The van der Waals surface area contributed by atoms with Crippen LogP contribution in [0.2, 0.25) is 0 Å². The Labute approximate surface area is 221 Å². The Balaban J connectivity index is 1.58. The summed E-state index contributed by atoms with van der Waals surface area (Å²) in [6.45, 7) is 0.215. The van der Waals surface area contributed by atoms with E-state index in [2.05, 4.69) is 5.32 Å². The van der Waals surface area contributed by atoms with Gasteiger partial charge in [0, 0.05) is 7.11 Å². The molecule has 38 heavy (non-hydrogen) atoms. The van der Waals surface area contributed by atoms with Gasteiger partial charge in [-0.25, -0.2) is 9.59 Å². The number of hydrogen-bond acceptors (Lipinski definition) is 8. The van der Waals surface area contributed by atoms with Crippen molar-refractivity contribution in [3.63, 3.8) is 0 Å². The molecule has 0 bridgehead atoms. The molecule has 1 amide bonds. The second-order valence-electron chi connectivity index (χ2n) is 8.72. The van der Waals surface area contributed by atoms with Gasteiger partial charge in [-0.3, -0.25) is 0 Å². The average molecular weight is 522 g/mol. The summed E-state index contributed by atoms with van der Waals surface area (Å²) in [6.07, 6.45) is -5.02. The summed E-state index contributed by atoms with van der Waals surface area (Å²) in [5.74, 6) is -0.572. The highest BCUT2D eigenvalue weighted by Gasteiger charge is 2.48. The Bertz CT molecular complexity index is 1190. The van der Waals surface area contributed by atoms with Gasteiger partial charge in [0.05, 0.1) is 19.3 Å². The van der Waals surface area contributed by atoms with E-state index < -0.39 is 42.7 Å². The number of aliphatic hydroxyl groups excluding tert-OH is 1. The molecule has 1 aliphatic heterocycles. The van der Waals surface area contributed by atoms with Gasteiger partial charge in [-0.15, -0.1) is 0 Å². The average Bonchev–Trinajstić information content (AvgIpc) is 2.96. The van der Waals surface area contributed by atoms with E-state index in [1.54, 1.807) is 24.3 Å². The summed E-state index contributed by atoms with van der Waals surface area (Å²) in [5.41, 5.74) is 2.34. The highest BCUT2D eigenvalue weighted by molar-refractivity contribution is 5.91. The van der Waals surface area contributed by atoms with E-state index >= 15 is 0 Å². The van der Waals surface area contributed by atoms with E-state index in [1.165, 1.54) is 14.2 Å². The number of benzene rings is 3. The van der Waals surface area contributed by atoms with Crippen LogP contribution in [0.4, 0.5) is 4.79 Å². The molecule has 3 aromatic carbocycles. The number of amides is 1. The van der Waals surface area contributed by atoms with Gasteiger partial charge >= 0.3 is 12.1 Å². The van der Waals surface area contributed by atoms with Gasteiger partial charge in [-0.1, -0.05) is 78.9 Å². The Morgan fingerprint density at radius 2 is 1.47 bits per heavy atom. The minimum Gasteiger partial charge on any atom is -0.465 e. The number of hydrogen-bond donors (Lipinski definition) is 2. The highest BCUT2D eigenvalue weighted by atomic mass is 16.7. The maximum Gasteiger partial charge on any atom is 0.407 e. The van der Waals surface area contributed by atoms with Crippen LogP contribution in [0.15, 0.2) is 84.9 Å². The van der Waals surface area contributed by atoms with Crippen LogP contribution in [0.3, 0.4) is 0 Å². The van der Waals surface area contributed by atoms with Crippen molar-refractivity contribution < 1.29 is 38.4 Å². The van der Waals surface area contributed by atoms with Crippen LogP contribution >= 0.6 is 0 Å². The summed E-state index contributed by atoms with van der Waals surface area (Å²) in [4.78, 5) is 25.2. The minimum atomic E-state index is -1.28. The van der Waals surface area contributed by atoms with E-state index in [9.17, 15) is 14.7 Å². The van der Waals surface area contributed by atoms with E-state index in [0.717, 1.165) is 11.1 Å². The molecule has 1 aliphatic rings. The van der Waals surface area contributed by atoms with Crippen LogP contribution in [-0.2, 0) is 36.9 Å². The quantitative estimate of drug-likeness (QED) is 0.410. The molecule has 3 aromatic rings. The van der Waals surface area contributed by atoms with E-state index in [0.29, 0.717) is 5.56 Å². The summed E-state index contributed by atoms with van der Waals surface area (Å²) >= 11 is 0. The van der Waals surface area contributed by atoms with Crippen molar-refractivity contribution in [3.8, 4) is 0 Å². The Kier molecular flexibility index (Phi) is 9.45. The first-order chi connectivity index (χ1) is 18.5. The number of aliphatic hydroxyl groups is 1. The fourth-order valence-corrected chi connectivity index (χ4v) is 4.37. The fraction of sp³-hybridized carbons (Fsp3) is 0.310. The lowest BCUT2D eigenvalue weighted by molar-refractivity contribution is -0.268. The summed E-state index contributed by atoms with van der Waals surface area (Å²) in [6, 6.07) is 24.4. The lowest BCUT2D eigenvalue weighted by Crippen LogP contribution is -2.62. The number of nitrogens with one attached hydrogen (secondary N) is 1. The first kappa shape index (κ1) is 27.3. The topological polar surface area (TPSA) is 113 Å². The first-order valence-corrected chi connectivity index (χ1v) is 12.2. The van der Waals surface area contributed by atoms with Crippen LogP contribution in [0.5, 0.6) is 0 Å². The van der Waals surface area contributed by atoms with E-state index in [1.807, 2.05) is 60.7 Å². The minimum absolute atomic E-state index is 0.0606. The van der Waals surface area contributed by atoms with Crippen LogP contribution in [0.1, 0.15) is 33.2 Å². The normalized spacial score (nSPS) is 22.9. The molecule has 1 fully saturated rings. The molecule has 0 aliphatic carbocycles.